The highest BCUT2D eigenvalue weighted by Gasteiger charge is 2.46. The van der Waals surface area contributed by atoms with Crippen LogP contribution in [0.1, 0.15) is 101 Å². The molecule has 2 unspecified atom stereocenters. The molecule has 16 nitrogen and oxygen atoms in total. The van der Waals surface area contributed by atoms with Crippen molar-refractivity contribution in [2.75, 3.05) is 31.1 Å². The zero-order valence-electron chi connectivity index (χ0n) is 28.6. The standard InChI is InChI=1S/C31H34F2N10O4.C2HF3O2/c32-31(33)10-9-22-21(16-31)25(36-35-22)26(27-37-38-39-43(27)17-3-1-2-4-17)41-13-11-40(12-14-41)18-5-6-19-20(15-18)30(47)42(29(19)46)23-7-8-24(44)34-28(23)45;3-2(4,5)1(6)7/h5-6,15,17,23,26H,1-4,7-14,16H2,(H,35,36)(H,34,44,45);(H,6,7). The Labute approximate surface area is 303 Å². The van der Waals surface area contributed by atoms with Crippen molar-refractivity contribution in [2.45, 2.75) is 88.0 Å². The van der Waals surface area contributed by atoms with Gasteiger partial charge in [0.2, 0.25) is 11.8 Å². The summed E-state index contributed by atoms with van der Waals surface area (Å²) in [6.45, 7) is 2.16. The summed E-state index contributed by atoms with van der Waals surface area (Å²) < 4.78 is 63.0. The smallest absolute Gasteiger partial charge is 0.475 e. The maximum absolute atomic E-state index is 14.7. The molecule has 5 aliphatic rings. The molecule has 1 saturated carbocycles. The summed E-state index contributed by atoms with van der Waals surface area (Å²) in [6, 6.07) is 3.67. The molecule has 8 rings (SSSR count). The van der Waals surface area contributed by atoms with Crippen LogP contribution in [0.2, 0.25) is 0 Å². The summed E-state index contributed by atoms with van der Waals surface area (Å²) in [4.78, 5) is 64.8. The minimum absolute atomic E-state index is 0.0525. The van der Waals surface area contributed by atoms with Gasteiger partial charge in [-0.2, -0.15) is 18.3 Å². The number of H-pyrrole nitrogens is 1. The van der Waals surface area contributed by atoms with Gasteiger partial charge in [-0.25, -0.2) is 18.3 Å². The first kappa shape index (κ1) is 37.0. The van der Waals surface area contributed by atoms with E-state index in [1.807, 2.05) is 4.68 Å². The number of aliphatic carboxylic acids is 1. The first-order chi connectivity index (χ1) is 25.6. The van der Waals surface area contributed by atoms with Crippen molar-refractivity contribution in [3.8, 4) is 0 Å². The average molecular weight is 763 g/mol. The van der Waals surface area contributed by atoms with Gasteiger partial charge in [-0.15, -0.1) is 5.10 Å². The fourth-order valence-electron chi connectivity index (χ4n) is 7.84. The second kappa shape index (κ2) is 14.1. The van der Waals surface area contributed by atoms with Crippen LogP contribution >= 0.6 is 0 Å². The average Bonchev–Trinajstić information content (AvgIpc) is 3.94. The SMILES string of the molecule is O=C(O)C(F)(F)F.O=C1CCC(N2C(=O)c3ccc(N4CCN(C(c5n[nH]c6c5CC(F)(F)CC6)c5nnnn5C5CCCC5)CC4)cc3C2=O)C(=O)N1. The third kappa shape index (κ3) is 7.03. The topological polar surface area (TPSA) is 200 Å². The van der Waals surface area contributed by atoms with Crippen LogP contribution in [0.25, 0.3) is 0 Å². The summed E-state index contributed by atoms with van der Waals surface area (Å²) in [6.07, 6.45) is -1.24. The van der Waals surface area contributed by atoms with Crippen LogP contribution in [-0.4, -0.2) is 119 Å². The van der Waals surface area contributed by atoms with Crippen LogP contribution in [0, 0.1) is 0 Å². The number of hydrogen-bond acceptors (Lipinski definition) is 11. The minimum atomic E-state index is -5.08. The van der Waals surface area contributed by atoms with E-state index < -0.39 is 53.8 Å². The lowest BCUT2D eigenvalue weighted by Gasteiger charge is -2.40. The van der Waals surface area contributed by atoms with E-state index in [4.69, 9.17) is 9.90 Å². The number of anilines is 1. The van der Waals surface area contributed by atoms with E-state index in [1.54, 1.807) is 18.2 Å². The molecule has 0 spiro atoms. The molecule has 2 aromatic heterocycles. The van der Waals surface area contributed by atoms with E-state index >= 15 is 0 Å². The Hall–Kier alpha value is -5.34. The zero-order chi connectivity index (χ0) is 38.5. The number of carbonyl (C=O) groups excluding carboxylic acids is 4. The summed E-state index contributed by atoms with van der Waals surface area (Å²) >= 11 is 0. The van der Waals surface area contributed by atoms with E-state index in [9.17, 15) is 41.1 Å². The highest BCUT2D eigenvalue weighted by atomic mass is 19.4. The molecule has 3 N–H and O–H groups in total. The first-order valence-electron chi connectivity index (χ1n) is 17.5. The molecule has 3 fully saturated rings. The number of benzene rings is 1. The third-order valence-corrected chi connectivity index (χ3v) is 10.6. The molecule has 2 saturated heterocycles. The number of carboxylic acids is 1. The number of carboxylic acid groups (broad SMARTS) is 1. The van der Waals surface area contributed by atoms with Crippen LogP contribution in [0.5, 0.6) is 0 Å². The van der Waals surface area contributed by atoms with E-state index in [0.29, 0.717) is 43.3 Å². The number of fused-ring (bicyclic) bond motifs is 2. The number of halogens is 5. The van der Waals surface area contributed by atoms with Gasteiger partial charge >= 0.3 is 12.1 Å². The molecule has 54 heavy (non-hydrogen) atoms. The number of piperazine rings is 1. The number of aromatic nitrogens is 6. The number of alkyl halides is 5. The summed E-state index contributed by atoms with van der Waals surface area (Å²) in [5.74, 6) is -7.15. The molecule has 1 aromatic carbocycles. The van der Waals surface area contributed by atoms with E-state index in [2.05, 4.69) is 40.8 Å². The van der Waals surface area contributed by atoms with Gasteiger partial charge in [-0.05, 0) is 54.3 Å². The van der Waals surface area contributed by atoms with Gasteiger partial charge < -0.3 is 10.0 Å². The molecule has 0 radical (unpaired) electrons. The van der Waals surface area contributed by atoms with Crippen molar-refractivity contribution in [2.24, 2.45) is 0 Å². The molecular formula is C33H35F5N10O6. The third-order valence-electron chi connectivity index (χ3n) is 10.6. The van der Waals surface area contributed by atoms with E-state index in [0.717, 1.165) is 42.0 Å². The Bertz CT molecular complexity index is 1980. The fourth-order valence-corrected chi connectivity index (χ4v) is 7.84. The second-order valence-electron chi connectivity index (χ2n) is 13.9. The number of hydrogen-bond donors (Lipinski definition) is 3. The van der Waals surface area contributed by atoms with Gasteiger partial charge in [0.1, 0.15) is 12.1 Å². The second-order valence-corrected chi connectivity index (χ2v) is 13.9. The molecule has 3 aliphatic heterocycles. The predicted octanol–water partition coefficient (Wildman–Crippen LogP) is 2.58. The Morgan fingerprint density at radius 3 is 2.31 bits per heavy atom. The largest absolute Gasteiger partial charge is 0.490 e. The van der Waals surface area contributed by atoms with E-state index in [1.165, 1.54) is 0 Å². The maximum atomic E-state index is 14.7. The van der Waals surface area contributed by atoms with Crippen LogP contribution in [-0.2, 0) is 27.2 Å². The summed E-state index contributed by atoms with van der Waals surface area (Å²) in [5, 5.41) is 29.8. The lowest BCUT2D eigenvalue weighted by molar-refractivity contribution is -0.192. The number of amides is 4. The quantitative estimate of drug-likeness (QED) is 0.245. The Balaban J connectivity index is 0.000000588. The first-order valence-corrected chi connectivity index (χ1v) is 17.5. The molecule has 3 aromatic rings. The van der Waals surface area contributed by atoms with Crippen molar-refractivity contribution >= 4 is 35.3 Å². The van der Waals surface area contributed by atoms with E-state index in [-0.39, 0.29) is 49.3 Å². The number of aromatic amines is 1. The number of carbonyl (C=O) groups is 5. The van der Waals surface area contributed by atoms with Crippen LogP contribution in [0.4, 0.5) is 27.6 Å². The van der Waals surface area contributed by atoms with Gasteiger partial charge in [-0.3, -0.25) is 39.4 Å². The molecule has 4 amide bonds. The van der Waals surface area contributed by atoms with Crippen molar-refractivity contribution in [3.05, 3.63) is 52.1 Å². The highest BCUT2D eigenvalue weighted by molar-refractivity contribution is 6.23. The Morgan fingerprint density at radius 2 is 1.65 bits per heavy atom. The maximum Gasteiger partial charge on any atom is 0.490 e. The normalized spacial score (nSPS) is 22.4. The zero-order valence-corrected chi connectivity index (χ0v) is 28.6. The Kier molecular flexibility index (Phi) is 9.69. The van der Waals surface area contributed by atoms with Gasteiger partial charge in [-0.1, -0.05) is 12.8 Å². The monoisotopic (exact) mass is 762 g/mol. The van der Waals surface area contributed by atoms with Gasteiger partial charge in [0.25, 0.3) is 17.7 Å². The van der Waals surface area contributed by atoms with Crippen molar-refractivity contribution in [3.63, 3.8) is 0 Å². The molecular weight excluding hydrogens is 727 g/mol. The van der Waals surface area contributed by atoms with Crippen LogP contribution in [0.3, 0.4) is 0 Å². The predicted molar refractivity (Wildman–Crippen MR) is 173 cm³/mol. The minimum Gasteiger partial charge on any atom is -0.475 e. The van der Waals surface area contributed by atoms with Crippen LogP contribution in [0.15, 0.2) is 18.2 Å². The van der Waals surface area contributed by atoms with Crippen LogP contribution < -0.4 is 10.2 Å². The van der Waals surface area contributed by atoms with Gasteiger partial charge in [0, 0.05) is 62.4 Å². The summed E-state index contributed by atoms with van der Waals surface area (Å²) in [5.41, 5.74) is 3.00. The molecule has 2 atom stereocenters. The lowest BCUT2D eigenvalue weighted by atomic mass is 9.90. The number of piperidine rings is 1. The lowest BCUT2D eigenvalue weighted by Crippen LogP contribution is -2.54. The number of aryl methyl sites for hydroxylation is 1. The van der Waals surface area contributed by atoms with Crippen molar-refractivity contribution < 1.29 is 51.0 Å². The Morgan fingerprint density at radius 1 is 0.963 bits per heavy atom. The molecule has 0 bridgehead atoms. The molecule has 288 valence electrons. The van der Waals surface area contributed by atoms with Crippen molar-refractivity contribution in [1.29, 1.82) is 0 Å². The highest BCUT2D eigenvalue weighted by Crippen LogP contribution is 2.40. The fraction of sp³-hybridized carbons (Fsp3) is 0.545. The number of imide groups is 2. The van der Waals surface area contributed by atoms with Crippen molar-refractivity contribution in [1.82, 2.24) is 45.5 Å². The summed E-state index contributed by atoms with van der Waals surface area (Å²) in [7, 11) is 0. The number of nitrogens with zero attached hydrogens (tertiary/aromatic N) is 8. The molecule has 5 heterocycles. The van der Waals surface area contributed by atoms with Gasteiger partial charge in [0.15, 0.2) is 5.82 Å². The number of tetrazole rings is 1. The number of nitrogens with one attached hydrogen (secondary N) is 2. The molecule has 2 aliphatic carbocycles. The molecule has 21 heteroatoms. The number of rotatable bonds is 6. The van der Waals surface area contributed by atoms with Gasteiger partial charge in [0.05, 0.1) is 22.9 Å².